The number of esters is 1. The highest BCUT2D eigenvalue weighted by atomic mass is 32.2. The number of hydrogen-bond acceptors (Lipinski definition) is 4. The molecule has 2 aliphatic carbocycles. The summed E-state index contributed by atoms with van der Waals surface area (Å²) >= 11 is 1.80. The van der Waals surface area contributed by atoms with Crippen LogP contribution in [0.15, 0.2) is 0 Å². The Labute approximate surface area is 137 Å². The lowest BCUT2D eigenvalue weighted by Crippen LogP contribution is -2.49. The fraction of sp³-hybridized carbons (Fsp3) is 0.882. The lowest BCUT2D eigenvalue weighted by Gasteiger charge is -2.35. The topological polar surface area (TPSA) is 46.6 Å². The summed E-state index contributed by atoms with van der Waals surface area (Å²) in [5.74, 6) is 1.41. The maximum absolute atomic E-state index is 12.8. The van der Waals surface area contributed by atoms with Gasteiger partial charge < -0.3 is 9.64 Å². The first-order valence-electron chi connectivity index (χ1n) is 8.72. The number of amides is 1. The van der Waals surface area contributed by atoms with Gasteiger partial charge in [-0.1, -0.05) is 19.3 Å². The minimum atomic E-state index is -0.368. The average Bonchev–Trinajstić information content (AvgIpc) is 3.25. The molecule has 5 heteroatoms. The molecular formula is C17H27NO3S. The summed E-state index contributed by atoms with van der Waals surface area (Å²) in [7, 11) is 0. The number of ether oxygens (including phenoxy) is 1. The zero-order valence-corrected chi connectivity index (χ0v) is 14.4. The molecule has 0 bridgehead atoms. The third-order valence-corrected chi connectivity index (χ3v) is 6.35. The molecule has 3 rings (SSSR count). The lowest BCUT2D eigenvalue weighted by atomic mass is 9.88. The molecule has 0 aromatic rings. The van der Waals surface area contributed by atoms with Crippen molar-refractivity contribution in [1.29, 1.82) is 0 Å². The average molecular weight is 325 g/mol. The van der Waals surface area contributed by atoms with Crippen molar-refractivity contribution in [3.63, 3.8) is 0 Å². The van der Waals surface area contributed by atoms with Crippen molar-refractivity contribution >= 4 is 23.6 Å². The van der Waals surface area contributed by atoms with E-state index in [1.807, 2.05) is 18.7 Å². The number of carbonyl (C=O) groups is 2. The standard InChI is InChI=1S/C17H27NO3S/c1-11(2)21-17(20)14-10-22-16(13-6-4-3-5-7-13)18(14)15(19)12-8-9-12/h11-14,16H,3-10H2,1-2H3. The van der Waals surface area contributed by atoms with Crippen LogP contribution in [0.5, 0.6) is 0 Å². The number of rotatable bonds is 4. The molecule has 0 aromatic carbocycles. The molecule has 2 atom stereocenters. The zero-order valence-electron chi connectivity index (χ0n) is 13.6. The summed E-state index contributed by atoms with van der Waals surface area (Å²) in [4.78, 5) is 27.1. The molecule has 3 aliphatic rings. The molecule has 1 heterocycles. The largest absolute Gasteiger partial charge is 0.461 e. The first-order chi connectivity index (χ1) is 10.6. The Morgan fingerprint density at radius 2 is 1.77 bits per heavy atom. The van der Waals surface area contributed by atoms with E-state index < -0.39 is 0 Å². The molecule has 4 nitrogen and oxygen atoms in total. The number of carbonyl (C=O) groups excluding carboxylic acids is 2. The quantitative estimate of drug-likeness (QED) is 0.745. The molecule has 0 N–H and O–H groups in total. The van der Waals surface area contributed by atoms with Gasteiger partial charge in [0.05, 0.1) is 11.5 Å². The first kappa shape index (κ1) is 16.2. The third kappa shape index (κ3) is 3.44. The first-order valence-corrected chi connectivity index (χ1v) is 9.77. The van der Waals surface area contributed by atoms with Gasteiger partial charge in [-0.15, -0.1) is 11.8 Å². The van der Waals surface area contributed by atoms with Gasteiger partial charge in [-0.05, 0) is 45.4 Å². The summed E-state index contributed by atoms with van der Waals surface area (Å²) in [5.41, 5.74) is 0. The van der Waals surface area contributed by atoms with Crippen LogP contribution in [0.1, 0.15) is 58.8 Å². The van der Waals surface area contributed by atoms with E-state index in [1.54, 1.807) is 11.8 Å². The number of thioether (sulfide) groups is 1. The van der Waals surface area contributed by atoms with Gasteiger partial charge in [0.2, 0.25) is 5.91 Å². The molecule has 124 valence electrons. The van der Waals surface area contributed by atoms with Gasteiger partial charge in [0.15, 0.2) is 0 Å². The van der Waals surface area contributed by atoms with Gasteiger partial charge in [0, 0.05) is 11.7 Å². The summed E-state index contributed by atoms with van der Waals surface area (Å²) in [6.07, 6.45) is 8.07. The predicted octanol–water partition coefficient (Wildman–Crippen LogP) is 3.20. The van der Waals surface area contributed by atoms with E-state index >= 15 is 0 Å². The van der Waals surface area contributed by atoms with Crippen LogP contribution in [0.3, 0.4) is 0 Å². The maximum atomic E-state index is 12.8. The van der Waals surface area contributed by atoms with Crippen LogP contribution >= 0.6 is 11.8 Å². The lowest BCUT2D eigenvalue weighted by molar-refractivity contribution is -0.158. The molecule has 1 aliphatic heterocycles. The number of hydrogen-bond donors (Lipinski definition) is 0. The van der Waals surface area contributed by atoms with Crippen molar-refractivity contribution in [3.8, 4) is 0 Å². The van der Waals surface area contributed by atoms with Crippen LogP contribution in [-0.2, 0) is 14.3 Å². The highest BCUT2D eigenvalue weighted by Crippen LogP contribution is 2.43. The Morgan fingerprint density at radius 1 is 1.09 bits per heavy atom. The normalized spacial score (nSPS) is 29.9. The van der Waals surface area contributed by atoms with Crippen molar-refractivity contribution in [1.82, 2.24) is 4.90 Å². The van der Waals surface area contributed by atoms with Crippen molar-refractivity contribution < 1.29 is 14.3 Å². The van der Waals surface area contributed by atoms with Gasteiger partial charge in [-0.25, -0.2) is 4.79 Å². The van der Waals surface area contributed by atoms with Crippen LogP contribution in [-0.4, -0.2) is 40.0 Å². The molecular weight excluding hydrogens is 298 g/mol. The molecule has 0 spiro atoms. The van der Waals surface area contributed by atoms with Crippen LogP contribution in [0, 0.1) is 11.8 Å². The smallest absolute Gasteiger partial charge is 0.330 e. The van der Waals surface area contributed by atoms with Gasteiger partial charge in [0.1, 0.15) is 6.04 Å². The van der Waals surface area contributed by atoms with Crippen molar-refractivity contribution in [3.05, 3.63) is 0 Å². The molecule has 3 fully saturated rings. The summed E-state index contributed by atoms with van der Waals surface area (Å²) < 4.78 is 5.40. The zero-order chi connectivity index (χ0) is 15.7. The highest BCUT2D eigenvalue weighted by Gasteiger charge is 2.49. The van der Waals surface area contributed by atoms with E-state index in [0.29, 0.717) is 11.7 Å². The van der Waals surface area contributed by atoms with Crippen molar-refractivity contribution in [2.75, 3.05) is 5.75 Å². The van der Waals surface area contributed by atoms with Crippen LogP contribution < -0.4 is 0 Å². The monoisotopic (exact) mass is 325 g/mol. The SMILES string of the molecule is CC(C)OC(=O)C1CSC(C2CCCCC2)N1C(=O)C1CC1. The van der Waals surface area contributed by atoms with E-state index in [4.69, 9.17) is 4.74 Å². The van der Waals surface area contributed by atoms with Gasteiger partial charge in [-0.3, -0.25) is 4.79 Å². The molecule has 2 saturated carbocycles. The van der Waals surface area contributed by atoms with Gasteiger partial charge in [0.25, 0.3) is 0 Å². The van der Waals surface area contributed by atoms with E-state index in [-0.39, 0.29) is 35.3 Å². The van der Waals surface area contributed by atoms with Crippen LogP contribution in [0.25, 0.3) is 0 Å². The Kier molecular flexibility index (Phi) is 5.00. The highest BCUT2D eigenvalue weighted by molar-refractivity contribution is 8.00. The summed E-state index contributed by atoms with van der Waals surface area (Å²) in [6, 6.07) is -0.368. The van der Waals surface area contributed by atoms with Crippen LogP contribution in [0.2, 0.25) is 0 Å². The van der Waals surface area contributed by atoms with E-state index in [1.165, 1.54) is 32.1 Å². The van der Waals surface area contributed by atoms with Gasteiger partial charge in [-0.2, -0.15) is 0 Å². The Bertz CT molecular complexity index is 430. The van der Waals surface area contributed by atoms with E-state index in [0.717, 1.165) is 12.8 Å². The van der Waals surface area contributed by atoms with Crippen molar-refractivity contribution in [2.45, 2.75) is 76.3 Å². The Hall–Kier alpha value is -0.710. The summed E-state index contributed by atoms with van der Waals surface area (Å²) in [6.45, 7) is 3.73. The molecule has 2 unspecified atom stereocenters. The second kappa shape index (κ2) is 6.81. The van der Waals surface area contributed by atoms with E-state index in [2.05, 4.69) is 0 Å². The Balaban J connectivity index is 1.75. The molecule has 22 heavy (non-hydrogen) atoms. The van der Waals surface area contributed by atoms with Crippen LogP contribution in [0.4, 0.5) is 0 Å². The third-order valence-electron chi connectivity index (χ3n) is 4.89. The molecule has 0 radical (unpaired) electrons. The fourth-order valence-electron chi connectivity index (χ4n) is 3.62. The second-order valence-corrected chi connectivity index (χ2v) is 8.29. The fourth-order valence-corrected chi connectivity index (χ4v) is 5.25. The second-order valence-electron chi connectivity index (χ2n) is 7.14. The maximum Gasteiger partial charge on any atom is 0.330 e. The van der Waals surface area contributed by atoms with Crippen molar-refractivity contribution in [2.24, 2.45) is 11.8 Å². The molecule has 1 amide bonds. The minimum absolute atomic E-state index is 0.121. The minimum Gasteiger partial charge on any atom is -0.461 e. The summed E-state index contributed by atoms with van der Waals surface area (Å²) in [5, 5.41) is 0.193. The van der Waals surface area contributed by atoms with E-state index in [9.17, 15) is 9.59 Å². The number of nitrogens with zero attached hydrogens (tertiary/aromatic N) is 1. The molecule has 0 aromatic heterocycles. The molecule has 1 saturated heterocycles. The van der Waals surface area contributed by atoms with Gasteiger partial charge >= 0.3 is 5.97 Å². The predicted molar refractivity (Wildman–Crippen MR) is 87.4 cm³/mol. The Morgan fingerprint density at radius 3 is 2.36 bits per heavy atom.